The average Bonchev–Trinajstić information content (AvgIpc) is 3.45. The molecule has 1 saturated heterocycles. The van der Waals surface area contributed by atoms with Crippen LogP contribution >= 0.6 is 11.3 Å². The molecule has 158 valence electrons. The third kappa shape index (κ3) is 4.26. The fraction of sp³-hybridized carbons (Fsp3) is 0.278. The van der Waals surface area contributed by atoms with Crippen molar-refractivity contribution in [2.45, 2.75) is 11.5 Å². The number of rotatable bonds is 6. The average molecular weight is 453 g/mol. The number of hydrogen-bond donors (Lipinski definition) is 0. The van der Waals surface area contributed by atoms with Gasteiger partial charge in [-0.3, -0.25) is 0 Å². The molecular formula is C18H16FN3O6S2. The molecule has 1 aliphatic heterocycles. The maximum atomic E-state index is 14.2. The molecule has 0 aliphatic carbocycles. The summed E-state index contributed by atoms with van der Waals surface area (Å²) in [5, 5.41) is 5.64. The molecule has 0 bridgehead atoms. The largest absolute Gasteiger partial charge is 0.452 e. The van der Waals surface area contributed by atoms with Crippen molar-refractivity contribution in [2.75, 3.05) is 26.3 Å². The number of carbonyl (C=O) groups is 1. The third-order valence-electron chi connectivity index (χ3n) is 4.30. The van der Waals surface area contributed by atoms with Crippen molar-refractivity contribution in [3.05, 3.63) is 53.0 Å². The molecule has 0 saturated carbocycles. The molecule has 12 heteroatoms. The van der Waals surface area contributed by atoms with Crippen LogP contribution in [0.2, 0.25) is 0 Å². The highest BCUT2D eigenvalue weighted by atomic mass is 32.2. The molecule has 0 radical (unpaired) electrons. The van der Waals surface area contributed by atoms with E-state index in [0.29, 0.717) is 5.82 Å². The van der Waals surface area contributed by atoms with E-state index in [1.165, 1.54) is 15.6 Å². The standard InChI is InChI=1S/C18H16FN3O6S2/c19-14-4-3-12(30(24,25)22-5-7-26-8-6-22)10-13(14)18(23)27-11-16-20-17(21-28-16)15-2-1-9-29-15/h1-4,9-10H,5-8,11H2. The lowest BCUT2D eigenvalue weighted by Crippen LogP contribution is -2.40. The van der Waals surface area contributed by atoms with Gasteiger partial charge in [-0.15, -0.1) is 11.3 Å². The topological polar surface area (TPSA) is 112 Å². The van der Waals surface area contributed by atoms with Gasteiger partial charge in [-0.2, -0.15) is 9.29 Å². The summed E-state index contributed by atoms with van der Waals surface area (Å²) in [6, 6.07) is 6.64. The molecule has 9 nitrogen and oxygen atoms in total. The van der Waals surface area contributed by atoms with Gasteiger partial charge in [0.25, 0.3) is 5.89 Å². The van der Waals surface area contributed by atoms with Crippen molar-refractivity contribution in [1.29, 1.82) is 0 Å². The summed E-state index contributed by atoms with van der Waals surface area (Å²) >= 11 is 1.42. The predicted octanol–water partition coefficient (Wildman–Crippen LogP) is 2.32. The van der Waals surface area contributed by atoms with E-state index in [1.54, 1.807) is 6.07 Å². The van der Waals surface area contributed by atoms with E-state index >= 15 is 0 Å². The first-order chi connectivity index (χ1) is 14.4. The number of esters is 1. The predicted molar refractivity (Wildman–Crippen MR) is 103 cm³/mol. The Balaban J connectivity index is 1.48. The molecule has 0 unspecified atom stereocenters. The molecule has 2 aromatic heterocycles. The Labute approximate surface area is 175 Å². The van der Waals surface area contributed by atoms with Crippen LogP contribution in [0.15, 0.2) is 45.1 Å². The highest BCUT2D eigenvalue weighted by Crippen LogP contribution is 2.23. The molecule has 4 rings (SSSR count). The fourth-order valence-electron chi connectivity index (χ4n) is 2.78. The zero-order valence-corrected chi connectivity index (χ0v) is 17.1. The lowest BCUT2D eigenvalue weighted by atomic mass is 10.2. The number of sulfonamides is 1. The first-order valence-corrected chi connectivity index (χ1v) is 11.2. The number of hydrogen-bond acceptors (Lipinski definition) is 9. The number of morpholine rings is 1. The molecule has 1 aliphatic rings. The van der Waals surface area contributed by atoms with Crippen molar-refractivity contribution in [3.63, 3.8) is 0 Å². The molecule has 30 heavy (non-hydrogen) atoms. The van der Waals surface area contributed by atoms with Crippen LogP contribution in [-0.4, -0.2) is 55.1 Å². The van der Waals surface area contributed by atoms with Crippen LogP contribution in [0.25, 0.3) is 10.7 Å². The lowest BCUT2D eigenvalue weighted by molar-refractivity contribution is 0.0424. The molecule has 3 heterocycles. The second kappa shape index (κ2) is 8.60. The number of ether oxygens (including phenoxy) is 2. The molecule has 1 fully saturated rings. The molecule has 3 aromatic rings. The number of thiophene rings is 1. The van der Waals surface area contributed by atoms with Crippen molar-refractivity contribution in [2.24, 2.45) is 0 Å². The van der Waals surface area contributed by atoms with Crippen molar-refractivity contribution in [1.82, 2.24) is 14.4 Å². The summed E-state index contributed by atoms with van der Waals surface area (Å²) in [6.45, 7) is 0.531. The number of benzene rings is 1. The van der Waals surface area contributed by atoms with Gasteiger partial charge in [0.15, 0.2) is 6.61 Å². The van der Waals surface area contributed by atoms with Crippen molar-refractivity contribution >= 4 is 27.3 Å². The van der Waals surface area contributed by atoms with Gasteiger partial charge in [0.05, 0.1) is 28.5 Å². The SMILES string of the molecule is O=C(OCc1nc(-c2cccs2)no1)c1cc(S(=O)(=O)N2CCOCC2)ccc1F. The molecule has 0 N–H and O–H groups in total. The van der Waals surface area contributed by atoms with E-state index in [9.17, 15) is 17.6 Å². The maximum absolute atomic E-state index is 14.2. The van der Waals surface area contributed by atoms with Crippen LogP contribution in [0.1, 0.15) is 16.2 Å². The highest BCUT2D eigenvalue weighted by molar-refractivity contribution is 7.89. The van der Waals surface area contributed by atoms with Gasteiger partial charge in [0.2, 0.25) is 15.8 Å². The normalized spacial score (nSPS) is 15.2. The Morgan fingerprint density at radius 2 is 2.07 bits per heavy atom. The lowest BCUT2D eigenvalue weighted by Gasteiger charge is -2.26. The summed E-state index contributed by atoms with van der Waals surface area (Å²) in [5.41, 5.74) is -0.498. The van der Waals surface area contributed by atoms with Gasteiger partial charge in [0, 0.05) is 13.1 Å². The van der Waals surface area contributed by atoms with Crippen LogP contribution in [0.4, 0.5) is 4.39 Å². The van der Waals surface area contributed by atoms with E-state index < -0.39 is 27.4 Å². The zero-order valence-electron chi connectivity index (χ0n) is 15.5. The Morgan fingerprint density at radius 1 is 1.27 bits per heavy atom. The van der Waals surface area contributed by atoms with Crippen LogP contribution in [0, 0.1) is 5.82 Å². The minimum Gasteiger partial charge on any atom is -0.452 e. The van der Waals surface area contributed by atoms with Gasteiger partial charge in [-0.25, -0.2) is 17.6 Å². The van der Waals surface area contributed by atoms with Gasteiger partial charge >= 0.3 is 5.97 Å². The maximum Gasteiger partial charge on any atom is 0.341 e. The first-order valence-electron chi connectivity index (χ1n) is 8.86. The molecular weight excluding hydrogens is 437 g/mol. The van der Waals surface area contributed by atoms with Gasteiger partial charge in [-0.1, -0.05) is 11.2 Å². The van der Waals surface area contributed by atoms with Crippen LogP contribution in [0.3, 0.4) is 0 Å². The number of nitrogens with zero attached hydrogens (tertiary/aromatic N) is 3. The molecule has 0 spiro atoms. The van der Waals surface area contributed by atoms with Crippen LogP contribution in [-0.2, 0) is 26.1 Å². The quantitative estimate of drug-likeness (QED) is 0.523. The Morgan fingerprint density at radius 3 is 2.80 bits per heavy atom. The van der Waals surface area contributed by atoms with Gasteiger partial charge in [-0.05, 0) is 29.6 Å². The highest BCUT2D eigenvalue weighted by Gasteiger charge is 2.28. The van der Waals surface area contributed by atoms with Crippen LogP contribution in [0.5, 0.6) is 0 Å². The zero-order chi connectivity index (χ0) is 21.1. The second-order valence-electron chi connectivity index (χ2n) is 6.22. The first kappa shape index (κ1) is 20.6. The Kier molecular flexibility index (Phi) is 5.90. The second-order valence-corrected chi connectivity index (χ2v) is 9.11. The van der Waals surface area contributed by atoms with E-state index in [4.69, 9.17) is 14.0 Å². The molecule has 0 atom stereocenters. The van der Waals surface area contributed by atoms with Crippen molar-refractivity contribution < 1.29 is 31.6 Å². The fourth-order valence-corrected chi connectivity index (χ4v) is 4.87. The Bertz CT molecular complexity index is 1140. The van der Waals surface area contributed by atoms with Crippen LogP contribution < -0.4 is 0 Å². The summed E-state index contributed by atoms with van der Waals surface area (Å²) in [4.78, 5) is 17.0. The van der Waals surface area contributed by atoms with E-state index in [0.717, 1.165) is 23.1 Å². The summed E-state index contributed by atoms with van der Waals surface area (Å²) < 4.78 is 56.1. The van der Waals surface area contributed by atoms with Crippen molar-refractivity contribution in [3.8, 4) is 10.7 Å². The summed E-state index contributed by atoms with van der Waals surface area (Å²) in [5.74, 6) is -1.56. The molecule has 1 aromatic carbocycles. The minimum atomic E-state index is -3.88. The minimum absolute atomic E-state index is 0.0317. The van der Waals surface area contributed by atoms with Gasteiger partial charge in [0.1, 0.15) is 5.82 Å². The van der Waals surface area contributed by atoms with E-state index in [2.05, 4.69) is 10.1 Å². The van der Waals surface area contributed by atoms with E-state index in [-0.39, 0.29) is 43.7 Å². The smallest absolute Gasteiger partial charge is 0.341 e. The van der Waals surface area contributed by atoms with Gasteiger partial charge < -0.3 is 14.0 Å². The number of carbonyl (C=O) groups excluding carboxylic acids is 1. The number of aromatic nitrogens is 2. The number of halogens is 1. The third-order valence-corrected chi connectivity index (χ3v) is 7.06. The summed E-state index contributed by atoms with van der Waals surface area (Å²) in [6.07, 6.45) is 0. The monoisotopic (exact) mass is 453 g/mol. The summed E-state index contributed by atoms with van der Waals surface area (Å²) in [7, 11) is -3.88. The van der Waals surface area contributed by atoms with E-state index in [1.807, 2.05) is 11.4 Å². The Hall–Kier alpha value is -2.67. The molecule has 0 amide bonds.